The highest BCUT2D eigenvalue weighted by atomic mass is 35.5. The van der Waals surface area contributed by atoms with Gasteiger partial charge >= 0.3 is 0 Å². The summed E-state index contributed by atoms with van der Waals surface area (Å²) in [6.45, 7) is 1.95. The molecule has 7 nitrogen and oxygen atoms in total. The van der Waals surface area contributed by atoms with Crippen LogP contribution in [0.15, 0.2) is 23.5 Å². The van der Waals surface area contributed by atoms with Crippen molar-refractivity contribution in [2.45, 2.75) is 18.4 Å². The Labute approximate surface area is 109 Å². The molecule has 0 aliphatic carbocycles. The van der Waals surface area contributed by atoms with E-state index in [9.17, 15) is 8.42 Å². The van der Waals surface area contributed by atoms with Crippen LogP contribution in [0.4, 0.5) is 0 Å². The van der Waals surface area contributed by atoms with Crippen LogP contribution < -0.4 is 4.72 Å². The van der Waals surface area contributed by atoms with Gasteiger partial charge in [-0.05, 0) is 18.5 Å². The third-order valence-corrected chi connectivity index (χ3v) is 3.84. The van der Waals surface area contributed by atoms with E-state index in [1.54, 1.807) is 6.20 Å². The first-order chi connectivity index (χ1) is 8.49. The fourth-order valence-electron chi connectivity index (χ4n) is 1.25. The monoisotopic (exact) mass is 287 g/mol. The zero-order valence-electron chi connectivity index (χ0n) is 9.38. The molecule has 96 valence electrons. The largest absolute Gasteiger partial charge is 0.283 e. The summed E-state index contributed by atoms with van der Waals surface area (Å²) in [5, 5.41) is 6.53. The molecular formula is C9H10ClN5O2S. The van der Waals surface area contributed by atoms with Crippen molar-refractivity contribution >= 4 is 21.6 Å². The molecule has 0 amide bonds. The van der Waals surface area contributed by atoms with E-state index in [0.29, 0.717) is 0 Å². The molecule has 0 radical (unpaired) electrons. The number of halogens is 1. The molecule has 18 heavy (non-hydrogen) atoms. The number of H-pyrrole nitrogens is 1. The van der Waals surface area contributed by atoms with Crippen LogP contribution in [0.3, 0.4) is 0 Å². The van der Waals surface area contributed by atoms with Gasteiger partial charge < -0.3 is 0 Å². The van der Waals surface area contributed by atoms with E-state index in [-0.39, 0.29) is 16.7 Å². The predicted molar refractivity (Wildman–Crippen MR) is 64.4 cm³/mol. The Kier molecular flexibility index (Phi) is 3.60. The Balaban J connectivity index is 2.13. The average Bonchev–Trinajstić information content (AvgIpc) is 2.73. The first kappa shape index (κ1) is 12.9. The maximum Gasteiger partial charge on any atom is 0.243 e. The SMILES string of the molecule is Cc1[nH]ncc1CNS(=O)(=O)c1cnc(Cl)nc1. The van der Waals surface area contributed by atoms with Gasteiger partial charge in [-0.3, -0.25) is 5.10 Å². The van der Waals surface area contributed by atoms with Gasteiger partial charge in [0.05, 0.1) is 18.6 Å². The molecule has 0 fully saturated rings. The van der Waals surface area contributed by atoms with Crippen molar-refractivity contribution in [1.82, 2.24) is 24.9 Å². The quantitative estimate of drug-likeness (QED) is 0.804. The number of aryl methyl sites for hydroxylation is 1. The number of sulfonamides is 1. The molecule has 2 aromatic heterocycles. The summed E-state index contributed by atoms with van der Waals surface area (Å²) in [5.41, 5.74) is 1.58. The highest BCUT2D eigenvalue weighted by molar-refractivity contribution is 7.89. The van der Waals surface area contributed by atoms with Crippen LogP contribution in [0, 0.1) is 6.92 Å². The van der Waals surface area contributed by atoms with Gasteiger partial charge in [0, 0.05) is 17.8 Å². The van der Waals surface area contributed by atoms with Gasteiger partial charge in [-0.25, -0.2) is 23.1 Å². The number of aromatic nitrogens is 4. The third-order valence-electron chi connectivity index (χ3n) is 2.29. The number of hydrogen-bond donors (Lipinski definition) is 2. The van der Waals surface area contributed by atoms with E-state index in [4.69, 9.17) is 11.6 Å². The van der Waals surface area contributed by atoms with Gasteiger partial charge in [-0.15, -0.1) is 0 Å². The standard InChI is InChI=1S/C9H10ClN5O2S/c1-6-7(2-13-15-6)3-14-18(16,17)8-4-11-9(10)12-5-8/h2,4-5,14H,3H2,1H3,(H,13,15). The van der Waals surface area contributed by atoms with Crippen LogP contribution in [-0.2, 0) is 16.6 Å². The highest BCUT2D eigenvalue weighted by Crippen LogP contribution is 2.09. The van der Waals surface area contributed by atoms with Crippen molar-refractivity contribution < 1.29 is 8.42 Å². The second-order valence-corrected chi connectivity index (χ2v) is 5.64. The van der Waals surface area contributed by atoms with E-state index < -0.39 is 10.0 Å². The molecule has 0 saturated heterocycles. The Bertz CT molecular complexity index is 637. The molecule has 0 atom stereocenters. The maximum atomic E-state index is 11.9. The normalized spacial score (nSPS) is 11.7. The minimum atomic E-state index is -3.65. The second-order valence-electron chi connectivity index (χ2n) is 3.53. The lowest BCUT2D eigenvalue weighted by atomic mass is 10.3. The lowest BCUT2D eigenvalue weighted by molar-refractivity contribution is 0.580. The van der Waals surface area contributed by atoms with Gasteiger partial charge in [0.15, 0.2) is 0 Å². The Morgan fingerprint density at radius 1 is 1.33 bits per heavy atom. The van der Waals surface area contributed by atoms with Crippen LogP contribution in [0.2, 0.25) is 5.28 Å². The molecule has 0 aliphatic heterocycles. The average molecular weight is 288 g/mol. The van der Waals surface area contributed by atoms with Crippen molar-refractivity contribution in [1.29, 1.82) is 0 Å². The van der Waals surface area contributed by atoms with Crippen LogP contribution in [0.25, 0.3) is 0 Å². The van der Waals surface area contributed by atoms with Crippen LogP contribution in [0.1, 0.15) is 11.3 Å². The predicted octanol–water partition coefficient (Wildman–Crippen LogP) is 0.640. The molecule has 2 rings (SSSR count). The van der Waals surface area contributed by atoms with Gasteiger partial charge in [0.25, 0.3) is 0 Å². The van der Waals surface area contributed by atoms with Crippen molar-refractivity contribution in [3.8, 4) is 0 Å². The molecule has 2 N–H and O–H groups in total. The molecule has 0 unspecified atom stereocenters. The maximum absolute atomic E-state index is 11.9. The molecule has 0 bridgehead atoms. The zero-order valence-corrected chi connectivity index (χ0v) is 11.0. The minimum Gasteiger partial charge on any atom is -0.283 e. The fourth-order valence-corrected chi connectivity index (χ4v) is 2.24. The van der Waals surface area contributed by atoms with Crippen LogP contribution in [0.5, 0.6) is 0 Å². The van der Waals surface area contributed by atoms with Crippen molar-refractivity contribution in [3.05, 3.63) is 35.1 Å². The fraction of sp³-hybridized carbons (Fsp3) is 0.222. The lowest BCUT2D eigenvalue weighted by Crippen LogP contribution is -2.23. The molecule has 2 heterocycles. The van der Waals surface area contributed by atoms with E-state index >= 15 is 0 Å². The first-order valence-electron chi connectivity index (χ1n) is 4.95. The molecule has 0 aromatic carbocycles. The lowest BCUT2D eigenvalue weighted by Gasteiger charge is -2.05. The van der Waals surface area contributed by atoms with Gasteiger partial charge in [0.1, 0.15) is 4.90 Å². The molecule has 2 aromatic rings. The number of hydrogen-bond acceptors (Lipinski definition) is 5. The summed E-state index contributed by atoms with van der Waals surface area (Å²) in [7, 11) is -3.65. The third kappa shape index (κ3) is 2.84. The highest BCUT2D eigenvalue weighted by Gasteiger charge is 2.15. The molecule has 0 spiro atoms. The summed E-state index contributed by atoms with van der Waals surface area (Å²) in [6, 6.07) is 0. The van der Waals surface area contributed by atoms with E-state index in [1.807, 2.05) is 6.92 Å². The van der Waals surface area contributed by atoms with Crippen molar-refractivity contribution in [3.63, 3.8) is 0 Å². The van der Waals surface area contributed by atoms with Gasteiger partial charge in [-0.2, -0.15) is 5.10 Å². The van der Waals surface area contributed by atoms with Gasteiger partial charge in [0.2, 0.25) is 15.3 Å². The first-order valence-corrected chi connectivity index (χ1v) is 6.81. The smallest absolute Gasteiger partial charge is 0.243 e. The summed E-state index contributed by atoms with van der Waals surface area (Å²) in [4.78, 5) is 7.21. The number of aromatic amines is 1. The summed E-state index contributed by atoms with van der Waals surface area (Å²) < 4.78 is 26.2. The van der Waals surface area contributed by atoms with Crippen molar-refractivity contribution in [2.24, 2.45) is 0 Å². The Hall–Kier alpha value is -1.51. The number of nitrogens with zero attached hydrogens (tertiary/aromatic N) is 3. The molecular weight excluding hydrogens is 278 g/mol. The molecule has 0 saturated carbocycles. The molecule has 9 heteroatoms. The topological polar surface area (TPSA) is 101 Å². The summed E-state index contributed by atoms with van der Waals surface area (Å²) >= 11 is 5.49. The Morgan fingerprint density at radius 2 is 2.00 bits per heavy atom. The summed E-state index contributed by atoms with van der Waals surface area (Å²) in [6.07, 6.45) is 3.87. The number of rotatable bonds is 4. The molecule has 0 aliphatic rings. The Morgan fingerprint density at radius 3 is 2.56 bits per heavy atom. The zero-order chi connectivity index (χ0) is 13.2. The van der Waals surface area contributed by atoms with E-state index in [2.05, 4.69) is 24.9 Å². The van der Waals surface area contributed by atoms with E-state index in [1.165, 1.54) is 0 Å². The summed E-state index contributed by atoms with van der Waals surface area (Å²) in [5.74, 6) is 0. The minimum absolute atomic E-state index is 0.000343. The van der Waals surface area contributed by atoms with Gasteiger partial charge in [-0.1, -0.05) is 0 Å². The van der Waals surface area contributed by atoms with E-state index in [0.717, 1.165) is 23.7 Å². The van der Waals surface area contributed by atoms with Crippen molar-refractivity contribution in [2.75, 3.05) is 0 Å². The number of nitrogens with one attached hydrogen (secondary N) is 2. The van der Waals surface area contributed by atoms with Crippen LogP contribution >= 0.6 is 11.6 Å². The van der Waals surface area contributed by atoms with Crippen LogP contribution in [-0.4, -0.2) is 28.6 Å². The second kappa shape index (κ2) is 5.01.